The Morgan fingerprint density at radius 2 is 1.39 bits per heavy atom. The fourth-order valence-electron chi connectivity index (χ4n) is 3.28. The standard InChI is InChI=1S/C18H14N4O5S.C9H9N3O2S2/c23-16-9-6-13(11-15(16)18(24)25)21-20-12-4-7-14(8-5-12)28(26,27)22-17-3-1-2-10-19-17;10-7-1-3-8(4-2-7)16(13,14)12-9-11-5-6-15-9/h1-11,23H,(H,19,22)(H,24,25);1-6H,10H2,(H,11,12). The number of anilines is 3. The van der Waals surface area contributed by atoms with Crippen molar-refractivity contribution in [3.63, 3.8) is 0 Å². The number of hydrogen-bond donors (Lipinski definition) is 5. The number of azo groups is 1. The minimum absolute atomic E-state index is 0.0231. The van der Waals surface area contributed by atoms with E-state index in [9.17, 15) is 26.7 Å². The molecule has 14 nitrogen and oxygen atoms in total. The molecule has 5 rings (SSSR count). The lowest BCUT2D eigenvalue weighted by atomic mass is 10.2. The highest BCUT2D eigenvalue weighted by Gasteiger charge is 2.16. The maximum absolute atomic E-state index is 12.3. The molecule has 2 aromatic heterocycles. The van der Waals surface area contributed by atoms with Crippen LogP contribution in [0.15, 0.2) is 123 Å². The number of aromatic hydroxyl groups is 1. The van der Waals surface area contributed by atoms with Crippen molar-refractivity contribution in [1.82, 2.24) is 9.97 Å². The number of nitrogens with two attached hydrogens (primary N) is 1. The summed E-state index contributed by atoms with van der Waals surface area (Å²) in [4.78, 5) is 19.0. The molecule has 226 valence electrons. The zero-order chi connectivity index (χ0) is 31.7. The van der Waals surface area contributed by atoms with Crippen LogP contribution in [0.3, 0.4) is 0 Å². The van der Waals surface area contributed by atoms with Gasteiger partial charge in [-0.25, -0.2) is 31.6 Å². The van der Waals surface area contributed by atoms with Gasteiger partial charge in [0.25, 0.3) is 20.0 Å². The number of rotatable bonds is 9. The number of nitrogens with one attached hydrogen (secondary N) is 2. The van der Waals surface area contributed by atoms with Crippen LogP contribution in [0.5, 0.6) is 5.75 Å². The molecule has 0 aliphatic rings. The second-order valence-electron chi connectivity index (χ2n) is 8.53. The SMILES string of the molecule is Nc1ccc(S(=O)(=O)Nc2nccs2)cc1.O=C(O)c1cc(N=Nc2ccc(S(=O)(=O)Nc3ccccn3)cc2)ccc1O. The highest BCUT2D eigenvalue weighted by Crippen LogP contribution is 2.26. The van der Waals surface area contributed by atoms with Gasteiger partial charge in [-0.15, -0.1) is 11.3 Å². The smallest absolute Gasteiger partial charge is 0.339 e. The van der Waals surface area contributed by atoms with E-state index in [0.29, 0.717) is 16.5 Å². The quantitative estimate of drug-likeness (QED) is 0.103. The predicted octanol–water partition coefficient (Wildman–Crippen LogP) is 5.23. The highest BCUT2D eigenvalue weighted by atomic mass is 32.2. The zero-order valence-electron chi connectivity index (χ0n) is 22.3. The predicted molar refractivity (Wildman–Crippen MR) is 165 cm³/mol. The summed E-state index contributed by atoms with van der Waals surface area (Å²) in [6.07, 6.45) is 3.01. The molecule has 17 heteroatoms. The molecule has 0 spiro atoms. The first kappa shape index (κ1) is 31.5. The number of nitrogens with zero attached hydrogens (tertiary/aromatic N) is 4. The maximum atomic E-state index is 12.3. The molecule has 0 radical (unpaired) electrons. The third-order valence-corrected chi connectivity index (χ3v) is 8.93. The molecule has 0 unspecified atom stereocenters. The second kappa shape index (κ2) is 13.7. The van der Waals surface area contributed by atoms with Crippen LogP contribution in [-0.4, -0.2) is 43.0 Å². The fraction of sp³-hybridized carbons (Fsp3) is 0. The molecule has 0 atom stereocenters. The van der Waals surface area contributed by atoms with Gasteiger partial charge in [-0.05, 0) is 78.9 Å². The van der Waals surface area contributed by atoms with Gasteiger partial charge >= 0.3 is 5.97 Å². The fourth-order valence-corrected chi connectivity index (χ4v) is 6.08. The Morgan fingerprint density at radius 1 is 0.773 bits per heavy atom. The molecule has 3 aromatic carbocycles. The Morgan fingerprint density at radius 3 is 1.98 bits per heavy atom. The van der Waals surface area contributed by atoms with Crippen molar-refractivity contribution in [3.05, 3.63) is 108 Å². The van der Waals surface area contributed by atoms with E-state index in [1.165, 1.54) is 96.5 Å². The lowest BCUT2D eigenvalue weighted by molar-refractivity contribution is 0.0693. The summed E-state index contributed by atoms with van der Waals surface area (Å²) in [6, 6.07) is 20.3. The number of aromatic carboxylic acids is 1. The number of aromatic nitrogens is 2. The molecule has 5 aromatic rings. The number of hydrogen-bond acceptors (Lipinski definition) is 12. The number of sulfonamides is 2. The number of carbonyl (C=O) groups is 1. The summed E-state index contributed by atoms with van der Waals surface area (Å²) in [6.45, 7) is 0. The van der Waals surface area contributed by atoms with E-state index in [1.807, 2.05) is 0 Å². The number of phenols is 1. The van der Waals surface area contributed by atoms with Gasteiger partial charge in [0, 0.05) is 23.5 Å². The largest absolute Gasteiger partial charge is 0.507 e. The molecule has 6 N–H and O–H groups in total. The Kier molecular flexibility index (Phi) is 9.84. The maximum Gasteiger partial charge on any atom is 0.339 e. The third-order valence-electron chi connectivity index (χ3n) is 5.39. The van der Waals surface area contributed by atoms with Gasteiger partial charge in [0.15, 0.2) is 5.13 Å². The first-order valence-electron chi connectivity index (χ1n) is 12.2. The van der Waals surface area contributed by atoms with E-state index in [4.69, 9.17) is 10.8 Å². The summed E-state index contributed by atoms with van der Waals surface area (Å²) >= 11 is 1.22. The van der Waals surface area contributed by atoms with Crippen molar-refractivity contribution in [3.8, 4) is 5.75 Å². The molecule has 0 fully saturated rings. The van der Waals surface area contributed by atoms with Gasteiger partial charge in [-0.3, -0.25) is 9.44 Å². The van der Waals surface area contributed by atoms with Gasteiger partial charge in [0.1, 0.15) is 17.1 Å². The van der Waals surface area contributed by atoms with Gasteiger partial charge in [0.2, 0.25) is 0 Å². The van der Waals surface area contributed by atoms with E-state index in [-0.39, 0.29) is 32.6 Å². The molecule has 44 heavy (non-hydrogen) atoms. The number of carboxylic acid groups (broad SMARTS) is 1. The van der Waals surface area contributed by atoms with E-state index in [0.717, 1.165) is 0 Å². The summed E-state index contributed by atoms with van der Waals surface area (Å²) in [5.41, 5.74) is 6.30. The lowest BCUT2D eigenvalue weighted by Gasteiger charge is -2.07. The van der Waals surface area contributed by atoms with E-state index in [2.05, 4.69) is 29.6 Å². The molecule has 0 aliphatic heterocycles. The van der Waals surface area contributed by atoms with Crippen LogP contribution in [0.1, 0.15) is 10.4 Å². The number of nitrogen functional groups attached to an aromatic ring is 1. The summed E-state index contributed by atoms with van der Waals surface area (Å²) in [5, 5.41) is 28.3. The van der Waals surface area contributed by atoms with Crippen LogP contribution >= 0.6 is 11.3 Å². The molecule has 0 saturated carbocycles. The Labute approximate surface area is 255 Å². The van der Waals surface area contributed by atoms with Crippen LogP contribution in [0.25, 0.3) is 0 Å². The monoisotopic (exact) mass is 653 g/mol. The highest BCUT2D eigenvalue weighted by molar-refractivity contribution is 7.93. The van der Waals surface area contributed by atoms with Gasteiger partial charge in [0.05, 0.1) is 21.2 Å². The Bertz CT molecular complexity index is 1970. The normalized spacial score (nSPS) is 11.4. The van der Waals surface area contributed by atoms with Crippen LogP contribution in [0.4, 0.5) is 28.0 Å². The van der Waals surface area contributed by atoms with E-state index in [1.54, 1.807) is 17.5 Å². The average molecular weight is 654 g/mol. The van der Waals surface area contributed by atoms with E-state index < -0.39 is 26.0 Å². The van der Waals surface area contributed by atoms with Crippen molar-refractivity contribution < 1.29 is 31.8 Å². The van der Waals surface area contributed by atoms with Crippen molar-refractivity contribution in [2.75, 3.05) is 15.2 Å². The van der Waals surface area contributed by atoms with Crippen LogP contribution in [-0.2, 0) is 20.0 Å². The van der Waals surface area contributed by atoms with Gasteiger partial charge < -0.3 is 15.9 Å². The zero-order valence-corrected chi connectivity index (χ0v) is 24.8. The van der Waals surface area contributed by atoms with Crippen LogP contribution in [0.2, 0.25) is 0 Å². The Balaban J connectivity index is 0.000000233. The molecule has 0 aliphatic carbocycles. The second-order valence-corrected chi connectivity index (χ2v) is 12.8. The van der Waals surface area contributed by atoms with Crippen LogP contribution in [0, 0.1) is 0 Å². The topological polar surface area (TPSA) is 226 Å². The van der Waals surface area contributed by atoms with Crippen LogP contribution < -0.4 is 15.2 Å². The van der Waals surface area contributed by atoms with Gasteiger partial charge in [-0.2, -0.15) is 10.2 Å². The minimum Gasteiger partial charge on any atom is -0.507 e. The molecular formula is C27H23N7O7S3. The number of pyridine rings is 1. The number of carboxylic acids is 1. The van der Waals surface area contributed by atoms with Gasteiger partial charge in [-0.1, -0.05) is 6.07 Å². The third kappa shape index (κ3) is 8.57. The number of benzene rings is 3. The lowest BCUT2D eigenvalue weighted by Crippen LogP contribution is -2.13. The first-order valence-corrected chi connectivity index (χ1v) is 16.1. The molecule has 0 bridgehead atoms. The average Bonchev–Trinajstić information content (AvgIpc) is 3.50. The number of thiazole rings is 1. The molecule has 2 heterocycles. The summed E-state index contributed by atoms with van der Waals surface area (Å²) in [7, 11) is -7.35. The molecule has 0 amide bonds. The van der Waals surface area contributed by atoms with Crippen molar-refractivity contribution >= 4 is 65.4 Å². The van der Waals surface area contributed by atoms with Crippen molar-refractivity contribution in [2.24, 2.45) is 10.2 Å². The Hall–Kier alpha value is -5.39. The van der Waals surface area contributed by atoms with Crippen molar-refractivity contribution in [1.29, 1.82) is 0 Å². The summed E-state index contributed by atoms with van der Waals surface area (Å²) < 4.78 is 53.1. The summed E-state index contributed by atoms with van der Waals surface area (Å²) in [5.74, 6) is -1.46. The molecular weight excluding hydrogens is 631 g/mol. The molecule has 0 saturated heterocycles. The van der Waals surface area contributed by atoms with Crippen molar-refractivity contribution in [2.45, 2.75) is 9.79 Å². The first-order chi connectivity index (χ1) is 20.9. The minimum atomic E-state index is -3.79. The van der Waals surface area contributed by atoms with E-state index >= 15 is 0 Å².